The molecule has 0 fully saturated rings. The van der Waals surface area contributed by atoms with Crippen LogP contribution in [0.5, 0.6) is 0 Å². The van der Waals surface area contributed by atoms with E-state index in [0.29, 0.717) is 11.7 Å². The van der Waals surface area contributed by atoms with Gasteiger partial charge in [-0.05, 0) is 5.92 Å². The van der Waals surface area contributed by atoms with E-state index in [4.69, 9.17) is 4.52 Å². The quantitative estimate of drug-likeness (QED) is 0.745. The van der Waals surface area contributed by atoms with Crippen molar-refractivity contribution in [1.29, 1.82) is 0 Å². The molecule has 2 aromatic heterocycles. The first-order valence-electron chi connectivity index (χ1n) is 7.21. The first kappa shape index (κ1) is 14.9. The molecule has 0 aliphatic heterocycles. The van der Waals surface area contributed by atoms with Crippen molar-refractivity contribution in [2.45, 2.75) is 19.9 Å². The molecule has 118 valence electrons. The van der Waals surface area contributed by atoms with Crippen LogP contribution < -0.4 is 5.32 Å². The van der Waals surface area contributed by atoms with Crippen molar-refractivity contribution >= 4 is 5.91 Å². The van der Waals surface area contributed by atoms with Gasteiger partial charge in [-0.15, -0.1) is 0 Å². The molecule has 8 nitrogen and oxygen atoms in total. The van der Waals surface area contributed by atoms with Crippen LogP contribution in [0.3, 0.4) is 0 Å². The molecule has 0 aliphatic rings. The lowest BCUT2D eigenvalue weighted by Crippen LogP contribution is -2.32. The van der Waals surface area contributed by atoms with Crippen molar-refractivity contribution in [3.05, 3.63) is 48.1 Å². The third-order valence-corrected chi connectivity index (χ3v) is 3.34. The molecule has 23 heavy (non-hydrogen) atoms. The number of aromatic amines is 1. The molecule has 0 spiro atoms. The van der Waals surface area contributed by atoms with Crippen LogP contribution in [0.4, 0.5) is 0 Å². The van der Waals surface area contributed by atoms with Gasteiger partial charge in [-0.25, -0.2) is 0 Å². The van der Waals surface area contributed by atoms with Crippen LogP contribution in [0.25, 0.3) is 11.4 Å². The fraction of sp³-hybridized carbons (Fsp3) is 0.267. The third kappa shape index (κ3) is 3.25. The number of rotatable bonds is 5. The Hall–Kier alpha value is -3.03. The Morgan fingerprint density at radius 2 is 2.04 bits per heavy atom. The number of benzene rings is 1. The number of nitrogens with one attached hydrogen (secondary N) is 2. The zero-order valence-corrected chi connectivity index (χ0v) is 12.7. The predicted molar refractivity (Wildman–Crippen MR) is 81.2 cm³/mol. The molecular formula is C15H16N6O2. The van der Waals surface area contributed by atoms with Gasteiger partial charge in [-0.2, -0.15) is 20.4 Å². The van der Waals surface area contributed by atoms with Crippen LogP contribution in [0, 0.1) is 5.92 Å². The zero-order valence-electron chi connectivity index (χ0n) is 12.7. The Morgan fingerprint density at radius 3 is 2.70 bits per heavy atom. The molecule has 0 saturated carbocycles. The van der Waals surface area contributed by atoms with E-state index in [2.05, 4.69) is 30.9 Å². The highest BCUT2D eigenvalue weighted by Crippen LogP contribution is 2.23. The number of carbonyl (C=O) groups is 1. The minimum atomic E-state index is -0.413. The molecule has 1 aromatic carbocycles. The number of H-pyrrole nitrogens is 1. The minimum Gasteiger partial charge on any atom is -0.339 e. The van der Waals surface area contributed by atoms with E-state index >= 15 is 0 Å². The molecule has 3 rings (SSSR count). The lowest BCUT2D eigenvalue weighted by atomic mass is 10.0. The summed E-state index contributed by atoms with van der Waals surface area (Å²) in [5.41, 5.74) is 1.06. The lowest BCUT2D eigenvalue weighted by Gasteiger charge is -2.17. The molecule has 3 aromatic rings. The number of carbonyl (C=O) groups excluding carboxylic acids is 1. The molecule has 1 unspecified atom stereocenters. The van der Waals surface area contributed by atoms with Gasteiger partial charge < -0.3 is 9.84 Å². The Balaban J connectivity index is 1.82. The van der Waals surface area contributed by atoms with Crippen LogP contribution in [-0.2, 0) is 0 Å². The van der Waals surface area contributed by atoms with Crippen molar-refractivity contribution in [2.75, 3.05) is 0 Å². The predicted octanol–water partition coefficient (Wildman–Crippen LogP) is 1.98. The van der Waals surface area contributed by atoms with E-state index < -0.39 is 6.04 Å². The maximum absolute atomic E-state index is 12.1. The maximum atomic E-state index is 12.1. The summed E-state index contributed by atoms with van der Waals surface area (Å²) in [7, 11) is 0. The molecule has 8 heteroatoms. The second kappa shape index (κ2) is 6.39. The number of amides is 1. The molecule has 1 amide bonds. The number of hydrogen-bond donors (Lipinski definition) is 2. The van der Waals surface area contributed by atoms with E-state index in [9.17, 15) is 4.79 Å². The number of aromatic nitrogens is 5. The Kier molecular flexibility index (Phi) is 4.13. The summed E-state index contributed by atoms with van der Waals surface area (Å²) in [4.78, 5) is 16.5. The summed E-state index contributed by atoms with van der Waals surface area (Å²) < 4.78 is 5.34. The summed E-state index contributed by atoms with van der Waals surface area (Å²) in [6, 6.07) is 9.10. The molecule has 2 heterocycles. The second-order valence-corrected chi connectivity index (χ2v) is 5.37. The van der Waals surface area contributed by atoms with E-state index in [1.807, 2.05) is 44.2 Å². The second-order valence-electron chi connectivity index (χ2n) is 5.37. The molecular weight excluding hydrogens is 296 g/mol. The monoisotopic (exact) mass is 312 g/mol. The summed E-state index contributed by atoms with van der Waals surface area (Å²) in [6.07, 6.45) is 1.36. The minimum absolute atomic E-state index is 0.0647. The number of hydrogen-bond acceptors (Lipinski definition) is 6. The van der Waals surface area contributed by atoms with Gasteiger partial charge in [-0.3, -0.25) is 4.79 Å². The van der Waals surface area contributed by atoms with E-state index in [-0.39, 0.29) is 17.5 Å². The summed E-state index contributed by atoms with van der Waals surface area (Å²) >= 11 is 0. The van der Waals surface area contributed by atoms with Gasteiger partial charge >= 0.3 is 0 Å². The van der Waals surface area contributed by atoms with Gasteiger partial charge in [0.05, 0.1) is 6.20 Å². The Bertz CT molecular complexity index is 766. The Morgan fingerprint density at radius 1 is 1.26 bits per heavy atom. The van der Waals surface area contributed by atoms with E-state index in [0.717, 1.165) is 5.56 Å². The van der Waals surface area contributed by atoms with E-state index in [1.165, 1.54) is 6.20 Å². The highest BCUT2D eigenvalue weighted by atomic mass is 16.5. The number of nitrogens with zero attached hydrogens (tertiary/aromatic N) is 4. The summed E-state index contributed by atoms with van der Waals surface area (Å²) in [5.74, 6) is 0.560. The maximum Gasteiger partial charge on any atom is 0.274 e. The van der Waals surface area contributed by atoms with Crippen LogP contribution in [0.15, 0.2) is 41.1 Å². The molecule has 1 atom stereocenters. The van der Waals surface area contributed by atoms with Gasteiger partial charge in [0.2, 0.25) is 11.7 Å². The van der Waals surface area contributed by atoms with Crippen molar-refractivity contribution in [3.8, 4) is 11.4 Å². The molecule has 0 aliphatic carbocycles. The summed E-state index contributed by atoms with van der Waals surface area (Å²) in [5, 5.41) is 16.6. The van der Waals surface area contributed by atoms with Gasteiger partial charge in [0.1, 0.15) is 6.04 Å². The average Bonchev–Trinajstić information content (AvgIpc) is 3.24. The highest BCUT2D eigenvalue weighted by Gasteiger charge is 2.26. The average molecular weight is 312 g/mol. The highest BCUT2D eigenvalue weighted by molar-refractivity contribution is 5.92. The fourth-order valence-electron chi connectivity index (χ4n) is 2.11. The zero-order chi connectivity index (χ0) is 16.2. The van der Waals surface area contributed by atoms with E-state index in [1.54, 1.807) is 0 Å². The van der Waals surface area contributed by atoms with Gasteiger partial charge in [0.25, 0.3) is 5.91 Å². The smallest absolute Gasteiger partial charge is 0.274 e. The molecule has 0 bridgehead atoms. The van der Waals surface area contributed by atoms with Crippen LogP contribution in [-0.4, -0.2) is 31.5 Å². The lowest BCUT2D eigenvalue weighted by molar-refractivity contribution is 0.0908. The molecule has 0 radical (unpaired) electrons. The van der Waals surface area contributed by atoms with Gasteiger partial charge in [-0.1, -0.05) is 49.3 Å². The van der Waals surface area contributed by atoms with Crippen LogP contribution in [0.2, 0.25) is 0 Å². The van der Waals surface area contributed by atoms with Crippen molar-refractivity contribution in [3.63, 3.8) is 0 Å². The largest absolute Gasteiger partial charge is 0.339 e. The first-order valence-corrected chi connectivity index (χ1v) is 7.21. The van der Waals surface area contributed by atoms with Crippen LogP contribution in [0.1, 0.15) is 36.3 Å². The van der Waals surface area contributed by atoms with Gasteiger partial charge in [0, 0.05) is 5.56 Å². The van der Waals surface area contributed by atoms with Crippen molar-refractivity contribution in [2.24, 2.45) is 5.92 Å². The standard InChI is InChI=1S/C15H16N6O2/c1-9(2)12(17-14(22)11-8-16-21-19-11)15-18-13(20-23-15)10-6-4-3-5-7-10/h3-9,12H,1-2H3,(H,17,22)(H,16,19,21). The summed E-state index contributed by atoms with van der Waals surface area (Å²) in [6.45, 7) is 3.92. The first-order chi connectivity index (χ1) is 11.1. The topological polar surface area (TPSA) is 110 Å². The fourth-order valence-corrected chi connectivity index (χ4v) is 2.11. The normalized spacial score (nSPS) is 12.3. The van der Waals surface area contributed by atoms with Crippen LogP contribution >= 0.6 is 0 Å². The van der Waals surface area contributed by atoms with Crippen molar-refractivity contribution < 1.29 is 9.32 Å². The molecule has 0 saturated heterocycles. The SMILES string of the molecule is CC(C)C(NC(=O)c1cn[nH]n1)c1nc(-c2ccccc2)no1. The Labute approximate surface area is 132 Å². The molecule has 2 N–H and O–H groups in total. The van der Waals surface area contributed by atoms with Crippen molar-refractivity contribution in [1.82, 2.24) is 30.9 Å². The van der Waals surface area contributed by atoms with Gasteiger partial charge in [0.15, 0.2) is 5.69 Å². The third-order valence-electron chi connectivity index (χ3n) is 3.34.